The van der Waals surface area contributed by atoms with Crippen molar-refractivity contribution in [2.24, 2.45) is 0 Å². The highest BCUT2D eigenvalue weighted by Gasteiger charge is 2.27. The van der Waals surface area contributed by atoms with Crippen LogP contribution in [0.1, 0.15) is 17.3 Å². The molecule has 0 aliphatic carbocycles. The minimum Gasteiger partial charge on any atom is -0.490 e. The monoisotopic (exact) mass is 312 g/mol. The van der Waals surface area contributed by atoms with Crippen molar-refractivity contribution < 1.29 is 29.1 Å². The van der Waals surface area contributed by atoms with Gasteiger partial charge in [-0.2, -0.15) is 0 Å². The van der Waals surface area contributed by atoms with Gasteiger partial charge >= 0.3 is 11.7 Å². The fourth-order valence-electron chi connectivity index (χ4n) is 1.70. The van der Waals surface area contributed by atoms with Gasteiger partial charge in [0.15, 0.2) is 11.8 Å². The predicted octanol–water partition coefficient (Wildman–Crippen LogP) is 0.256. The van der Waals surface area contributed by atoms with Gasteiger partial charge in [-0.3, -0.25) is 14.9 Å². The standard InChI is InChI=1S/C13H16N2O7/c1-7(16)11(13(18)22-3)14-12(17)8-4-5-9(15(19)20)10(6-8)21-2/h4-7,11,16H,1-3H3,(H,14,17). The summed E-state index contributed by atoms with van der Waals surface area (Å²) in [5.74, 6) is -1.61. The number of carbonyl (C=O) groups is 2. The number of aliphatic hydroxyl groups excluding tert-OH is 1. The smallest absolute Gasteiger partial charge is 0.331 e. The number of methoxy groups -OCH3 is 2. The normalized spacial score (nSPS) is 12.9. The molecule has 1 rings (SSSR count). The molecule has 1 amide bonds. The number of esters is 1. The van der Waals surface area contributed by atoms with E-state index in [-0.39, 0.29) is 17.0 Å². The summed E-state index contributed by atoms with van der Waals surface area (Å²) in [6.45, 7) is 1.32. The van der Waals surface area contributed by atoms with Gasteiger partial charge in [0.1, 0.15) is 0 Å². The lowest BCUT2D eigenvalue weighted by Crippen LogP contribution is -2.48. The highest BCUT2D eigenvalue weighted by atomic mass is 16.6. The van der Waals surface area contributed by atoms with Gasteiger partial charge in [0.2, 0.25) is 0 Å². The summed E-state index contributed by atoms with van der Waals surface area (Å²) in [5, 5.41) is 22.6. The lowest BCUT2D eigenvalue weighted by atomic mass is 10.1. The Balaban J connectivity index is 3.02. The van der Waals surface area contributed by atoms with Crippen molar-refractivity contribution in [1.29, 1.82) is 0 Å². The summed E-state index contributed by atoms with van der Waals surface area (Å²) in [6.07, 6.45) is -1.17. The molecule has 2 N–H and O–H groups in total. The molecule has 0 heterocycles. The summed E-state index contributed by atoms with van der Waals surface area (Å²) in [6, 6.07) is 2.25. The van der Waals surface area contributed by atoms with Crippen molar-refractivity contribution >= 4 is 17.6 Å². The second-order valence-electron chi connectivity index (χ2n) is 4.36. The SMILES string of the molecule is COC(=O)C(NC(=O)c1ccc([N+](=O)[O-])c(OC)c1)C(C)O. The first-order valence-electron chi connectivity index (χ1n) is 6.21. The molecule has 22 heavy (non-hydrogen) atoms. The largest absolute Gasteiger partial charge is 0.490 e. The maximum Gasteiger partial charge on any atom is 0.331 e. The van der Waals surface area contributed by atoms with Crippen LogP contribution in [0, 0.1) is 10.1 Å². The number of nitro benzene ring substituents is 1. The molecule has 0 fully saturated rings. The number of nitrogens with zero attached hydrogens (tertiary/aromatic N) is 1. The number of benzene rings is 1. The van der Waals surface area contributed by atoms with E-state index in [0.717, 1.165) is 13.2 Å². The van der Waals surface area contributed by atoms with Gasteiger partial charge in [-0.05, 0) is 13.0 Å². The summed E-state index contributed by atoms with van der Waals surface area (Å²) in [5.41, 5.74) is -0.254. The Hall–Kier alpha value is -2.68. The minimum absolute atomic E-state index is 0.0389. The second kappa shape index (κ2) is 7.36. The van der Waals surface area contributed by atoms with Crippen molar-refractivity contribution in [3.05, 3.63) is 33.9 Å². The molecule has 0 radical (unpaired) electrons. The van der Waals surface area contributed by atoms with E-state index in [2.05, 4.69) is 10.1 Å². The fraction of sp³-hybridized carbons (Fsp3) is 0.385. The topological polar surface area (TPSA) is 128 Å². The number of ether oxygens (including phenoxy) is 2. The number of rotatable bonds is 6. The Labute approximate surface area is 126 Å². The zero-order valence-electron chi connectivity index (χ0n) is 12.2. The van der Waals surface area contributed by atoms with Gasteiger partial charge in [0.25, 0.3) is 5.91 Å². The van der Waals surface area contributed by atoms with Crippen LogP contribution in [0.5, 0.6) is 5.75 Å². The number of hydrogen-bond donors (Lipinski definition) is 2. The Morgan fingerprint density at radius 1 is 1.36 bits per heavy atom. The van der Waals surface area contributed by atoms with Gasteiger partial charge < -0.3 is 19.9 Å². The van der Waals surface area contributed by atoms with E-state index in [4.69, 9.17) is 4.74 Å². The molecular formula is C13H16N2O7. The number of aliphatic hydroxyl groups is 1. The van der Waals surface area contributed by atoms with E-state index < -0.39 is 28.9 Å². The molecule has 0 bridgehead atoms. The third kappa shape index (κ3) is 3.92. The number of amides is 1. The average Bonchev–Trinajstić information content (AvgIpc) is 2.50. The van der Waals surface area contributed by atoms with Crippen molar-refractivity contribution in [1.82, 2.24) is 5.32 Å². The maximum atomic E-state index is 12.1. The molecular weight excluding hydrogens is 296 g/mol. The van der Waals surface area contributed by atoms with Crippen LogP contribution >= 0.6 is 0 Å². The number of carbonyl (C=O) groups excluding carboxylic acids is 2. The fourth-order valence-corrected chi connectivity index (χ4v) is 1.70. The first kappa shape index (κ1) is 17.4. The first-order chi connectivity index (χ1) is 10.3. The molecule has 0 aliphatic rings. The van der Waals surface area contributed by atoms with Crippen molar-refractivity contribution in [2.45, 2.75) is 19.1 Å². The first-order valence-corrected chi connectivity index (χ1v) is 6.21. The molecule has 0 saturated heterocycles. The molecule has 9 heteroatoms. The Morgan fingerprint density at radius 3 is 2.45 bits per heavy atom. The maximum absolute atomic E-state index is 12.1. The minimum atomic E-state index is -1.25. The molecule has 1 aromatic carbocycles. The average molecular weight is 312 g/mol. The molecule has 120 valence electrons. The third-order valence-electron chi connectivity index (χ3n) is 2.86. The van der Waals surface area contributed by atoms with E-state index in [1.54, 1.807) is 0 Å². The molecule has 2 unspecified atom stereocenters. The lowest BCUT2D eigenvalue weighted by molar-refractivity contribution is -0.385. The number of nitrogens with one attached hydrogen (secondary N) is 1. The van der Waals surface area contributed by atoms with E-state index in [1.165, 1.54) is 26.2 Å². The van der Waals surface area contributed by atoms with Crippen molar-refractivity contribution in [3.63, 3.8) is 0 Å². The highest BCUT2D eigenvalue weighted by Crippen LogP contribution is 2.27. The summed E-state index contributed by atoms with van der Waals surface area (Å²) in [4.78, 5) is 33.7. The number of nitro groups is 1. The van der Waals surface area contributed by atoms with Gasteiger partial charge in [-0.25, -0.2) is 4.79 Å². The Morgan fingerprint density at radius 2 is 2.00 bits per heavy atom. The van der Waals surface area contributed by atoms with Gasteiger partial charge in [0, 0.05) is 17.7 Å². The highest BCUT2D eigenvalue weighted by molar-refractivity contribution is 5.97. The van der Waals surface area contributed by atoms with Crippen LogP contribution < -0.4 is 10.1 Å². The molecule has 0 spiro atoms. The molecule has 0 saturated carbocycles. The van der Waals surface area contributed by atoms with Crippen LogP contribution in [-0.4, -0.2) is 48.3 Å². The van der Waals surface area contributed by atoms with Crippen LogP contribution in [0.15, 0.2) is 18.2 Å². The molecule has 2 atom stereocenters. The van der Waals surface area contributed by atoms with E-state index >= 15 is 0 Å². The van der Waals surface area contributed by atoms with Crippen LogP contribution in [0.25, 0.3) is 0 Å². The van der Waals surface area contributed by atoms with Gasteiger partial charge in [-0.15, -0.1) is 0 Å². The molecule has 0 aliphatic heterocycles. The van der Waals surface area contributed by atoms with Gasteiger partial charge in [-0.1, -0.05) is 0 Å². The Kier molecular flexibility index (Phi) is 5.81. The Bertz CT molecular complexity index is 586. The molecule has 1 aromatic rings. The van der Waals surface area contributed by atoms with Gasteiger partial charge in [0.05, 0.1) is 25.2 Å². The summed E-state index contributed by atoms with van der Waals surface area (Å²) in [7, 11) is 2.36. The van der Waals surface area contributed by atoms with Crippen molar-refractivity contribution in [2.75, 3.05) is 14.2 Å². The van der Waals surface area contributed by atoms with Crippen LogP contribution in [0.4, 0.5) is 5.69 Å². The second-order valence-corrected chi connectivity index (χ2v) is 4.36. The van der Waals surface area contributed by atoms with Crippen LogP contribution in [-0.2, 0) is 9.53 Å². The third-order valence-corrected chi connectivity index (χ3v) is 2.86. The predicted molar refractivity (Wildman–Crippen MR) is 74.6 cm³/mol. The zero-order valence-corrected chi connectivity index (χ0v) is 12.2. The summed E-state index contributed by atoms with van der Waals surface area (Å²) >= 11 is 0. The van der Waals surface area contributed by atoms with E-state index in [1.807, 2.05) is 0 Å². The molecule has 0 aromatic heterocycles. The van der Waals surface area contributed by atoms with Crippen LogP contribution in [0.2, 0.25) is 0 Å². The quantitative estimate of drug-likeness (QED) is 0.438. The van der Waals surface area contributed by atoms with E-state index in [0.29, 0.717) is 0 Å². The summed E-state index contributed by atoms with van der Waals surface area (Å²) < 4.78 is 9.33. The van der Waals surface area contributed by atoms with E-state index in [9.17, 15) is 24.8 Å². The zero-order chi connectivity index (χ0) is 16.9. The molecule has 9 nitrogen and oxygen atoms in total. The van der Waals surface area contributed by atoms with Crippen LogP contribution in [0.3, 0.4) is 0 Å². The number of hydrogen-bond acceptors (Lipinski definition) is 7. The lowest BCUT2D eigenvalue weighted by Gasteiger charge is -2.19. The van der Waals surface area contributed by atoms with Crippen molar-refractivity contribution in [3.8, 4) is 5.75 Å².